The van der Waals surface area contributed by atoms with Crippen molar-refractivity contribution >= 4 is 29.6 Å². The van der Waals surface area contributed by atoms with E-state index in [0.29, 0.717) is 10.7 Å². The Kier molecular flexibility index (Phi) is 2.37. The van der Waals surface area contributed by atoms with E-state index in [1.165, 1.54) is 6.21 Å². The van der Waals surface area contributed by atoms with Crippen LogP contribution in [0.2, 0.25) is 5.02 Å². The Morgan fingerprint density at radius 1 is 1.50 bits per heavy atom. The van der Waals surface area contributed by atoms with Crippen LogP contribution in [0.5, 0.6) is 0 Å². The number of carbonyl (C=O) groups is 1. The summed E-state index contributed by atoms with van der Waals surface area (Å²) < 4.78 is 4.78. The molecule has 0 aromatic heterocycles. The molecule has 72 valence electrons. The predicted octanol–water partition coefficient (Wildman–Crippen LogP) is 2.28. The van der Waals surface area contributed by atoms with E-state index >= 15 is 0 Å². The molecule has 1 aromatic rings. The topological polar surface area (TPSA) is 41.9 Å². The molecule has 1 aliphatic rings. The van der Waals surface area contributed by atoms with E-state index in [4.69, 9.17) is 16.3 Å². The second-order valence-corrected chi connectivity index (χ2v) is 3.10. The zero-order chi connectivity index (χ0) is 9.97. The predicted molar refractivity (Wildman–Crippen MR) is 53.8 cm³/mol. The van der Waals surface area contributed by atoms with Gasteiger partial charge in [-0.3, -0.25) is 0 Å². The standard InChI is InChI=1S/C9H7ClN2O2/c10-7-2-1-3-8(6-7)12-9(13)14-5-4-11-12/h1-4,6H,5H2. The van der Waals surface area contributed by atoms with E-state index in [9.17, 15) is 4.79 Å². The van der Waals surface area contributed by atoms with Gasteiger partial charge in [-0.15, -0.1) is 0 Å². The van der Waals surface area contributed by atoms with Gasteiger partial charge in [0, 0.05) is 5.02 Å². The van der Waals surface area contributed by atoms with Crippen LogP contribution in [-0.4, -0.2) is 18.9 Å². The summed E-state index contributed by atoms with van der Waals surface area (Å²) in [6.07, 6.45) is 1.03. The second kappa shape index (κ2) is 3.67. The lowest BCUT2D eigenvalue weighted by Gasteiger charge is -2.19. The van der Waals surface area contributed by atoms with E-state index in [1.807, 2.05) is 0 Å². The Morgan fingerprint density at radius 2 is 2.36 bits per heavy atom. The molecular formula is C9H7ClN2O2. The molecule has 0 spiro atoms. The molecule has 1 heterocycles. The van der Waals surface area contributed by atoms with Crippen molar-refractivity contribution in [2.24, 2.45) is 5.10 Å². The molecule has 0 atom stereocenters. The van der Waals surface area contributed by atoms with E-state index in [1.54, 1.807) is 24.3 Å². The minimum absolute atomic E-state index is 0.218. The highest BCUT2D eigenvalue weighted by Crippen LogP contribution is 2.21. The molecule has 1 amide bonds. The molecule has 0 aliphatic carbocycles. The van der Waals surface area contributed by atoms with Crippen LogP contribution < -0.4 is 5.01 Å². The Morgan fingerprint density at radius 3 is 3.07 bits per heavy atom. The van der Waals surface area contributed by atoms with E-state index < -0.39 is 6.09 Å². The molecular weight excluding hydrogens is 204 g/mol. The Hall–Kier alpha value is -1.55. The number of ether oxygens (including phenoxy) is 1. The van der Waals surface area contributed by atoms with E-state index in [-0.39, 0.29) is 6.61 Å². The fourth-order valence-electron chi connectivity index (χ4n) is 1.11. The van der Waals surface area contributed by atoms with Gasteiger partial charge in [0.2, 0.25) is 0 Å². The van der Waals surface area contributed by atoms with Crippen LogP contribution in [0.25, 0.3) is 0 Å². The Bertz CT molecular complexity index is 392. The molecule has 0 N–H and O–H groups in total. The minimum atomic E-state index is -0.491. The highest BCUT2D eigenvalue weighted by Gasteiger charge is 2.18. The molecule has 1 aliphatic heterocycles. The number of carbonyl (C=O) groups excluding carboxylic acids is 1. The average Bonchev–Trinajstić information content (AvgIpc) is 2.18. The number of nitrogens with zero attached hydrogens (tertiary/aromatic N) is 2. The number of benzene rings is 1. The van der Waals surface area contributed by atoms with Crippen molar-refractivity contribution in [1.82, 2.24) is 0 Å². The number of halogens is 1. The molecule has 0 radical (unpaired) electrons. The number of hydrazone groups is 1. The van der Waals surface area contributed by atoms with E-state index in [0.717, 1.165) is 5.01 Å². The van der Waals surface area contributed by atoms with Gasteiger partial charge in [-0.1, -0.05) is 17.7 Å². The first-order chi connectivity index (χ1) is 6.77. The quantitative estimate of drug-likeness (QED) is 0.714. The number of cyclic esters (lactones) is 1. The highest BCUT2D eigenvalue weighted by molar-refractivity contribution is 6.30. The first-order valence-electron chi connectivity index (χ1n) is 4.02. The van der Waals surface area contributed by atoms with E-state index in [2.05, 4.69) is 5.10 Å². The maximum absolute atomic E-state index is 11.3. The monoisotopic (exact) mass is 210 g/mol. The zero-order valence-corrected chi connectivity index (χ0v) is 7.94. The summed E-state index contributed by atoms with van der Waals surface area (Å²) >= 11 is 5.78. The smallest absolute Gasteiger partial charge is 0.435 e. The van der Waals surface area contributed by atoms with Gasteiger partial charge in [-0.05, 0) is 18.2 Å². The largest absolute Gasteiger partial charge is 0.442 e. The minimum Gasteiger partial charge on any atom is -0.442 e. The number of amides is 1. The normalized spacial score (nSPS) is 15.5. The number of hydrogen-bond acceptors (Lipinski definition) is 3. The van der Waals surface area contributed by atoms with Crippen molar-refractivity contribution in [2.75, 3.05) is 11.6 Å². The lowest BCUT2D eigenvalue weighted by atomic mass is 10.3. The van der Waals surface area contributed by atoms with Gasteiger partial charge in [0.15, 0.2) is 0 Å². The van der Waals surface area contributed by atoms with Gasteiger partial charge in [0.25, 0.3) is 0 Å². The summed E-state index contributed by atoms with van der Waals surface area (Å²) in [6.45, 7) is 0.218. The maximum atomic E-state index is 11.3. The average molecular weight is 211 g/mol. The van der Waals surface area contributed by atoms with Gasteiger partial charge in [-0.25, -0.2) is 4.79 Å². The maximum Gasteiger partial charge on any atom is 0.435 e. The summed E-state index contributed by atoms with van der Waals surface area (Å²) in [4.78, 5) is 11.3. The fraction of sp³-hybridized carbons (Fsp3) is 0.111. The lowest BCUT2D eigenvalue weighted by Crippen LogP contribution is -2.31. The van der Waals surface area contributed by atoms with Crippen LogP contribution in [0.1, 0.15) is 0 Å². The summed E-state index contributed by atoms with van der Waals surface area (Å²) in [6, 6.07) is 6.85. The molecule has 4 nitrogen and oxygen atoms in total. The first kappa shape index (κ1) is 9.02. The third-order valence-corrected chi connectivity index (χ3v) is 1.94. The summed E-state index contributed by atoms with van der Waals surface area (Å²) in [5.74, 6) is 0. The van der Waals surface area contributed by atoms with Gasteiger partial charge >= 0.3 is 6.09 Å². The third kappa shape index (κ3) is 1.70. The molecule has 0 unspecified atom stereocenters. The molecule has 1 aromatic carbocycles. The van der Waals surface area contributed by atoms with Crippen LogP contribution in [0.3, 0.4) is 0 Å². The van der Waals surface area contributed by atoms with Crippen molar-refractivity contribution < 1.29 is 9.53 Å². The van der Waals surface area contributed by atoms with Gasteiger partial charge in [0.1, 0.15) is 6.61 Å². The number of rotatable bonds is 1. The van der Waals surface area contributed by atoms with Crippen molar-refractivity contribution in [3.63, 3.8) is 0 Å². The van der Waals surface area contributed by atoms with Crippen LogP contribution in [0, 0.1) is 0 Å². The number of anilines is 1. The van der Waals surface area contributed by atoms with Crippen molar-refractivity contribution in [1.29, 1.82) is 0 Å². The second-order valence-electron chi connectivity index (χ2n) is 2.67. The molecule has 2 rings (SSSR count). The lowest BCUT2D eigenvalue weighted by molar-refractivity contribution is 0.167. The van der Waals surface area contributed by atoms with Crippen LogP contribution in [0.4, 0.5) is 10.5 Å². The SMILES string of the molecule is O=C1OCC=NN1c1cccc(Cl)c1. The first-order valence-corrected chi connectivity index (χ1v) is 4.40. The molecule has 0 saturated heterocycles. The molecule has 14 heavy (non-hydrogen) atoms. The Labute approximate surface area is 85.7 Å². The van der Waals surface area contributed by atoms with Gasteiger partial charge in [0.05, 0.1) is 11.9 Å². The fourth-order valence-corrected chi connectivity index (χ4v) is 1.30. The summed E-state index contributed by atoms with van der Waals surface area (Å²) in [5, 5.41) is 5.61. The molecule has 5 heteroatoms. The Balaban J connectivity index is 2.34. The third-order valence-electron chi connectivity index (χ3n) is 1.70. The van der Waals surface area contributed by atoms with Crippen molar-refractivity contribution in [3.05, 3.63) is 29.3 Å². The van der Waals surface area contributed by atoms with Crippen LogP contribution in [0.15, 0.2) is 29.4 Å². The number of hydrogen-bond donors (Lipinski definition) is 0. The summed E-state index contributed by atoms with van der Waals surface area (Å²) in [5.41, 5.74) is 0.596. The molecule has 0 bridgehead atoms. The molecule has 0 saturated carbocycles. The summed E-state index contributed by atoms with van der Waals surface area (Å²) in [7, 11) is 0. The van der Waals surface area contributed by atoms with Gasteiger partial charge in [-0.2, -0.15) is 10.1 Å². The van der Waals surface area contributed by atoms with Crippen LogP contribution in [-0.2, 0) is 4.74 Å². The van der Waals surface area contributed by atoms with Crippen LogP contribution >= 0.6 is 11.6 Å². The van der Waals surface area contributed by atoms with Gasteiger partial charge < -0.3 is 4.74 Å². The van der Waals surface area contributed by atoms with Crippen molar-refractivity contribution in [2.45, 2.75) is 0 Å². The highest BCUT2D eigenvalue weighted by atomic mass is 35.5. The molecule has 0 fully saturated rings. The zero-order valence-electron chi connectivity index (χ0n) is 7.18. The van der Waals surface area contributed by atoms with Crippen molar-refractivity contribution in [3.8, 4) is 0 Å².